The van der Waals surface area contributed by atoms with Crippen molar-refractivity contribution in [3.63, 3.8) is 0 Å². The third-order valence-electron chi connectivity index (χ3n) is 4.20. The highest BCUT2D eigenvalue weighted by molar-refractivity contribution is 6.12. The van der Waals surface area contributed by atoms with Gasteiger partial charge in [0.1, 0.15) is 5.75 Å². The highest BCUT2D eigenvalue weighted by Gasteiger charge is 2.35. The summed E-state index contributed by atoms with van der Waals surface area (Å²) in [5.74, 6) is -2.19. The molecule has 6 nitrogen and oxygen atoms in total. The molecule has 0 fully saturated rings. The zero-order valence-corrected chi connectivity index (χ0v) is 15.8. The predicted molar refractivity (Wildman–Crippen MR) is 99.1 cm³/mol. The van der Waals surface area contributed by atoms with Crippen LogP contribution in [0.15, 0.2) is 42.5 Å². The lowest BCUT2D eigenvalue weighted by Crippen LogP contribution is -2.44. The van der Waals surface area contributed by atoms with Gasteiger partial charge in [-0.1, -0.05) is 12.1 Å². The average molecular weight is 385 g/mol. The summed E-state index contributed by atoms with van der Waals surface area (Å²) in [4.78, 5) is 38.8. The fraction of sp³-hybridized carbons (Fsp3) is 0.286. The van der Waals surface area contributed by atoms with Crippen molar-refractivity contribution >= 4 is 17.6 Å². The highest BCUT2D eigenvalue weighted by atomic mass is 19.1. The minimum atomic E-state index is -0.932. The number of carbonyl (C=O) groups is 3. The van der Waals surface area contributed by atoms with Crippen molar-refractivity contribution in [2.45, 2.75) is 33.0 Å². The van der Waals surface area contributed by atoms with Crippen LogP contribution >= 0.6 is 0 Å². The Balaban J connectivity index is 1.85. The van der Waals surface area contributed by atoms with E-state index < -0.39 is 36.1 Å². The number of hydrogen-bond donors (Lipinski definition) is 0. The topological polar surface area (TPSA) is 72.9 Å². The summed E-state index contributed by atoms with van der Waals surface area (Å²) in [6.45, 7) is 4.52. The zero-order chi connectivity index (χ0) is 20.4. The van der Waals surface area contributed by atoms with Gasteiger partial charge in [0.2, 0.25) is 0 Å². The highest BCUT2D eigenvalue weighted by Crippen LogP contribution is 2.26. The molecule has 2 amide bonds. The van der Waals surface area contributed by atoms with Gasteiger partial charge in [0, 0.05) is 5.56 Å². The Morgan fingerprint density at radius 3 is 2.61 bits per heavy atom. The number of ketones is 1. The van der Waals surface area contributed by atoms with Crippen LogP contribution < -0.4 is 9.47 Å². The number of fused-ring (bicyclic) bond motifs is 1. The summed E-state index contributed by atoms with van der Waals surface area (Å²) in [6.07, 6.45) is -1.15. The molecule has 0 saturated heterocycles. The summed E-state index contributed by atoms with van der Waals surface area (Å²) < 4.78 is 25.0. The molecule has 2 aromatic carbocycles. The molecule has 0 radical (unpaired) electrons. The number of benzene rings is 2. The van der Waals surface area contributed by atoms with Crippen molar-refractivity contribution in [3.05, 3.63) is 59.4 Å². The Hall–Kier alpha value is -3.22. The van der Waals surface area contributed by atoms with Crippen molar-refractivity contribution < 1.29 is 28.2 Å². The minimum absolute atomic E-state index is 0.0319. The molecule has 7 heteroatoms. The maximum atomic E-state index is 14.2. The molecule has 0 aromatic heterocycles. The zero-order valence-electron chi connectivity index (χ0n) is 15.8. The van der Waals surface area contributed by atoms with Gasteiger partial charge in [0.05, 0.1) is 18.2 Å². The number of carbonyl (C=O) groups excluding carboxylic acids is 3. The maximum absolute atomic E-state index is 14.2. The number of Topliss-reactive ketones (excluding diaryl/α,β-unsaturated/α-hetero) is 1. The monoisotopic (exact) mass is 385 g/mol. The fourth-order valence-electron chi connectivity index (χ4n) is 2.86. The van der Waals surface area contributed by atoms with E-state index in [1.807, 2.05) is 0 Å². The minimum Gasteiger partial charge on any atom is -0.488 e. The molecule has 2 aromatic rings. The van der Waals surface area contributed by atoms with Crippen molar-refractivity contribution in [3.8, 4) is 11.5 Å². The van der Waals surface area contributed by atoms with Gasteiger partial charge in [-0.3, -0.25) is 19.3 Å². The van der Waals surface area contributed by atoms with Gasteiger partial charge < -0.3 is 9.47 Å². The van der Waals surface area contributed by atoms with Gasteiger partial charge in [-0.25, -0.2) is 4.39 Å². The molecule has 1 aliphatic rings. The summed E-state index contributed by atoms with van der Waals surface area (Å²) in [6, 6.07) is 10.3. The quantitative estimate of drug-likeness (QED) is 0.584. The first-order chi connectivity index (χ1) is 13.3. The van der Waals surface area contributed by atoms with Crippen LogP contribution in [0.3, 0.4) is 0 Å². The van der Waals surface area contributed by atoms with E-state index in [1.165, 1.54) is 25.1 Å². The molecule has 28 heavy (non-hydrogen) atoms. The molecule has 0 unspecified atom stereocenters. The van der Waals surface area contributed by atoms with E-state index in [1.54, 1.807) is 32.0 Å². The molecule has 3 rings (SSSR count). The number of para-hydroxylation sites is 1. The van der Waals surface area contributed by atoms with E-state index in [4.69, 9.17) is 9.47 Å². The van der Waals surface area contributed by atoms with Gasteiger partial charge >= 0.3 is 0 Å². The molecular weight excluding hydrogens is 365 g/mol. The van der Waals surface area contributed by atoms with E-state index in [0.717, 1.165) is 11.0 Å². The Morgan fingerprint density at radius 1 is 1.21 bits per heavy atom. The molecule has 0 saturated carbocycles. The van der Waals surface area contributed by atoms with Crippen LogP contribution in [0.4, 0.5) is 4.39 Å². The average Bonchev–Trinajstić information content (AvgIpc) is 2.74. The molecule has 0 aliphatic carbocycles. The first kappa shape index (κ1) is 19.5. The number of nitrogens with zero attached hydrogens (tertiary/aromatic N) is 1. The summed E-state index contributed by atoms with van der Waals surface area (Å²) in [5.41, 5.74) is 0.236. The first-order valence-electron chi connectivity index (χ1n) is 8.88. The first-order valence-corrected chi connectivity index (χ1v) is 8.88. The second-order valence-electron chi connectivity index (χ2n) is 6.72. The number of hydrogen-bond acceptors (Lipinski definition) is 5. The second kappa shape index (κ2) is 7.80. The lowest BCUT2D eigenvalue weighted by atomic mass is 10.1. The molecular formula is C21H20FNO5. The second-order valence-corrected chi connectivity index (χ2v) is 6.72. The Bertz CT molecular complexity index is 940. The smallest absolute Gasteiger partial charge is 0.270 e. The van der Waals surface area contributed by atoms with Crippen LogP contribution in [0, 0.1) is 5.82 Å². The van der Waals surface area contributed by atoms with Crippen molar-refractivity contribution in [2.75, 3.05) is 6.54 Å². The summed E-state index contributed by atoms with van der Waals surface area (Å²) >= 11 is 0. The lowest BCUT2D eigenvalue weighted by molar-refractivity contribution is -0.134. The number of halogens is 1. The van der Waals surface area contributed by atoms with Crippen LogP contribution in [-0.4, -0.2) is 41.3 Å². The van der Waals surface area contributed by atoms with Gasteiger partial charge in [0.15, 0.2) is 23.5 Å². The van der Waals surface area contributed by atoms with Gasteiger partial charge in [-0.05, 0) is 51.1 Å². The Morgan fingerprint density at radius 2 is 1.93 bits per heavy atom. The van der Waals surface area contributed by atoms with E-state index in [9.17, 15) is 18.8 Å². The van der Waals surface area contributed by atoms with Crippen LogP contribution in [-0.2, 0) is 4.79 Å². The molecule has 0 bridgehead atoms. The van der Waals surface area contributed by atoms with Crippen LogP contribution in [0.5, 0.6) is 11.5 Å². The van der Waals surface area contributed by atoms with Crippen LogP contribution in [0.25, 0.3) is 0 Å². The molecule has 0 spiro atoms. The van der Waals surface area contributed by atoms with Gasteiger partial charge in [-0.2, -0.15) is 0 Å². The Labute approximate surface area is 161 Å². The summed E-state index contributed by atoms with van der Waals surface area (Å²) in [7, 11) is 0. The third kappa shape index (κ3) is 3.88. The normalized spacial score (nSPS) is 16.5. The number of imide groups is 1. The van der Waals surface area contributed by atoms with Gasteiger partial charge in [0.25, 0.3) is 11.8 Å². The predicted octanol–water partition coefficient (Wildman–Crippen LogP) is 3.25. The fourth-order valence-corrected chi connectivity index (χ4v) is 2.86. The standard InChI is InChI=1S/C21H20FNO5/c1-12(2)27-19-9-8-14(10-16(19)22)17(24)11-23-20(25)13(3)28-18-7-5-4-6-15(18)21(23)26/h4-10,12-13H,11H2,1-3H3/t13-/m1/s1. The largest absolute Gasteiger partial charge is 0.488 e. The van der Waals surface area contributed by atoms with Crippen LogP contribution in [0.2, 0.25) is 0 Å². The van der Waals surface area contributed by atoms with Crippen LogP contribution in [0.1, 0.15) is 41.5 Å². The lowest BCUT2D eigenvalue weighted by Gasteiger charge is -2.20. The third-order valence-corrected chi connectivity index (χ3v) is 4.20. The van der Waals surface area contributed by atoms with Gasteiger partial charge in [-0.15, -0.1) is 0 Å². The van der Waals surface area contributed by atoms with Crippen molar-refractivity contribution in [1.29, 1.82) is 0 Å². The summed E-state index contributed by atoms with van der Waals surface area (Å²) in [5, 5.41) is 0. The molecule has 146 valence electrons. The molecule has 1 heterocycles. The van der Waals surface area contributed by atoms with E-state index in [0.29, 0.717) is 0 Å². The maximum Gasteiger partial charge on any atom is 0.270 e. The molecule has 1 atom stereocenters. The van der Waals surface area contributed by atoms with Crippen molar-refractivity contribution in [1.82, 2.24) is 4.90 Å². The molecule has 0 N–H and O–H groups in total. The SMILES string of the molecule is CC(C)Oc1ccc(C(=O)CN2C(=O)c3ccccc3O[C@H](C)C2=O)cc1F. The van der Waals surface area contributed by atoms with E-state index >= 15 is 0 Å². The molecule has 1 aliphatic heterocycles. The number of ether oxygens (including phenoxy) is 2. The Kier molecular flexibility index (Phi) is 5.44. The van der Waals surface area contributed by atoms with Crippen molar-refractivity contribution in [2.24, 2.45) is 0 Å². The number of rotatable bonds is 5. The van der Waals surface area contributed by atoms with E-state index in [-0.39, 0.29) is 28.7 Å². The van der Waals surface area contributed by atoms with E-state index in [2.05, 4.69) is 0 Å². The number of amides is 2.